The summed E-state index contributed by atoms with van der Waals surface area (Å²) in [7, 11) is 0. The molecule has 1 aliphatic rings. The molecule has 3 rings (SSSR count). The molecule has 174 valence electrons. The Morgan fingerprint density at radius 3 is 2.19 bits per heavy atom. The van der Waals surface area contributed by atoms with E-state index in [1.165, 1.54) is 11.3 Å². The van der Waals surface area contributed by atoms with Crippen molar-refractivity contribution in [3.8, 4) is 0 Å². The van der Waals surface area contributed by atoms with Crippen LogP contribution in [-0.2, 0) is 11.2 Å². The van der Waals surface area contributed by atoms with Crippen molar-refractivity contribution in [3.63, 3.8) is 0 Å². The zero-order valence-corrected chi connectivity index (χ0v) is 20.7. The molecule has 1 heterocycles. The second kappa shape index (κ2) is 10.3. The number of aryl methyl sites for hydroxylation is 1. The normalized spacial score (nSPS) is 14.5. The number of hydrogen-bond donors (Lipinski definition) is 2. The van der Waals surface area contributed by atoms with Crippen LogP contribution in [0.25, 0.3) is 0 Å². The molecule has 2 aromatic carbocycles. The number of nitrogen functional groups attached to an aromatic ring is 1. The summed E-state index contributed by atoms with van der Waals surface area (Å²) in [5.74, 6) is 0.172. The Kier molecular flexibility index (Phi) is 7.70. The molecule has 32 heavy (non-hydrogen) atoms. The number of hydrogen-bond acceptors (Lipinski definition) is 4. The van der Waals surface area contributed by atoms with E-state index in [1.807, 2.05) is 13.8 Å². The predicted molar refractivity (Wildman–Crippen MR) is 137 cm³/mol. The third-order valence-corrected chi connectivity index (χ3v) is 7.38. The lowest BCUT2D eigenvalue weighted by Gasteiger charge is -2.40. The largest absolute Gasteiger partial charge is 0.398 e. The topological polar surface area (TPSA) is 61.6 Å². The van der Waals surface area contributed by atoms with Crippen LogP contribution in [0.5, 0.6) is 0 Å². The smallest absolute Gasteiger partial charge is 0.242 e. The molecule has 0 aliphatic carbocycles. The second-order valence-corrected chi connectivity index (χ2v) is 9.02. The predicted octanol–water partition coefficient (Wildman–Crippen LogP) is 4.99. The Labute approximate surface area is 194 Å². The van der Waals surface area contributed by atoms with Gasteiger partial charge in [-0.3, -0.25) is 4.79 Å². The molecular formula is C27H40N4O. The highest BCUT2D eigenvalue weighted by Gasteiger charge is 2.27. The number of likely N-dealkylation sites (N-methyl/N-ethyl adjacent to an activating group) is 1. The van der Waals surface area contributed by atoms with Crippen LogP contribution in [0.4, 0.5) is 17.1 Å². The van der Waals surface area contributed by atoms with Gasteiger partial charge in [0.2, 0.25) is 5.91 Å². The minimum absolute atomic E-state index is 0.172. The molecule has 2 aromatic rings. The van der Waals surface area contributed by atoms with E-state index in [9.17, 15) is 4.79 Å². The third kappa shape index (κ3) is 4.72. The minimum atomic E-state index is 0.172. The molecule has 0 radical (unpaired) electrons. The van der Waals surface area contributed by atoms with Gasteiger partial charge in [0.05, 0.1) is 6.54 Å². The monoisotopic (exact) mass is 436 g/mol. The van der Waals surface area contributed by atoms with E-state index in [2.05, 4.69) is 67.1 Å². The molecule has 5 nitrogen and oxygen atoms in total. The first-order chi connectivity index (χ1) is 15.3. The van der Waals surface area contributed by atoms with Gasteiger partial charge in [-0.1, -0.05) is 25.1 Å². The van der Waals surface area contributed by atoms with Crippen LogP contribution in [-0.4, -0.2) is 43.0 Å². The van der Waals surface area contributed by atoms with Crippen molar-refractivity contribution in [2.45, 2.75) is 66.8 Å². The number of carbonyl (C=O) groups excluding carboxylic acids is 1. The van der Waals surface area contributed by atoms with Crippen LogP contribution >= 0.6 is 0 Å². The number of nitrogens with one attached hydrogen (secondary N) is 1. The van der Waals surface area contributed by atoms with E-state index in [4.69, 9.17) is 5.73 Å². The standard InChI is InChI=1S/C27H40N4O/c1-7-22-11-9-10-12-24(22)30-15-13-23(14-16-30)31(8-2)25(32)17-29-27-20(5)18(3)26(28)19(4)21(27)6/h9-12,23,29H,7-8,13-17,28H2,1-6H3. The lowest BCUT2D eigenvalue weighted by Crippen LogP contribution is -2.49. The Hall–Kier alpha value is -2.69. The zero-order chi connectivity index (χ0) is 23.4. The second-order valence-electron chi connectivity index (χ2n) is 9.02. The first-order valence-corrected chi connectivity index (χ1v) is 12.0. The number of nitrogens with zero attached hydrogens (tertiary/aromatic N) is 2. The fourth-order valence-corrected chi connectivity index (χ4v) is 5.05. The SMILES string of the molecule is CCc1ccccc1N1CCC(N(CC)C(=O)CNc2c(C)c(C)c(N)c(C)c2C)CC1. The van der Waals surface area contributed by atoms with Crippen LogP contribution in [0.15, 0.2) is 24.3 Å². The molecule has 1 amide bonds. The summed E-state index contributed by atoms with van der Waals surface area (Å²) in [5.41, 5.74) is 15.3. The van der Waals surface area contributed by atoms with Crippen molar-refractivity contribution in [1.82, 2.24) is 4.90 Å². The Bertz CT molecular complexity index is 931. The number of nitrogens with two attached hydrogens (primary N) is 1. The maximum atomic E-state index is 13.2. The summed E-state index contributed by atoms with van der Waals surface area (Å²) in [6.45, 7) is 15.6. The molecule has 1 saturated heterocycles. The number of anilines is 3. The molecular weight excluding hydrogens is 396 g/mol. The van der Waals surface area contributed by atoms with Gasteiger partial charge in [0, 0.05) is 42.7 Å². The summed E-state index contributed by atoms with van der Waals surface area (Å²) < 4.78 is 0. The maximum absolute atomic E-state index is 13.2. The molecule has 0 spiro atoms. The van der Waals surface area contributed by atoms with Crippen LogP contribution in [0.1, 0.15) is 54.5 Å². The lowest BCUT2D eigenvalue weighted by atomic mass is 9.96. The van der Waals surface area contributed by atoms with Crippen LogP contribution in [0.2, 0.25) is 0 Å². The molecule has 0 aromatic heterocycles. The average molecular weight is 437 g/mol. The van der Waals surface area contributed by atoms with Crippen molar-refractivity contribution < 1.29 is 4.79 Å². The average Bonchev–Trinajstić information content (AvgIpc) is 2.82. The molecule has 0 atom stereocenters. The molecule has 0 bridgehead atoms. The number of carbonyl (C=O) groups is 1. The van der Waals surface area contributed by atoms with Crippen molar-refractivity contribution in [2.24, 2.45) is 0 Å². The van der Waals surface area contributed by atoms with Gasteiger partial charge in [0.1, 0.15) is 0 Å². The van der Waals surface area contributed by atoms with Gasteiger partial charge < -0.3 is 20.9 Å². The highest BCUT2D eigenvalue weighted by atomic mass is 16.2. The zero-order valence-electron chi connectivity index (χ0n) is 20.7. The van der Waals surface area contributed by atoms with E-state index in [0.717, 1.165) is 72.5 Å². The number of amides is 1. The lowest BCUT2D eigenvalue weighted by molar-refractivity contribution is -0.131. The summed E-state index contributed by atoms with van der Waals surface area (Å²) in [4.78, 5) is 17.7. The molecule has 3 N–H and O–H groups in total. The van der Waals surface area contributed by atoms with Crippen molar-refractivity contribution in [1.29, 1.82) is 0 Å². The molecule has 0 unspecified atom stereocenters. The maximum Gasteiger partial charge on any atom is 0.242 e. The Balaban J connectivity index is 1.64. The molecule has 5 heteroatoms. The summed E-state index contributed by atoms with van der Waals surface area (Å²) in [6.07, 6.45) is 3.07. The Morgan fingerprint density at radius 1 is 1.03 bits per heavy atom. The van der Waals surface area contributed by atoms with Gasteiger partial charge in [-0.25, -0.2) is 0 Å². The molecule has 0 saturated carbocycles. The van der Waals surface area contributed by atoms with Crippen molar-refractivity contribution in [2.75, 3.05) is 42.1 Å². The number of piperidine rings is 1. The van der Waals surface area contributed by atoms with Gasteiger partial charge in [-0.2, -0.15) is 0 Å². The van der Waals surface area contributed by atoms with E-state index < -0.39 is 0 Å². The highest BCUT2D eigenvalue weighted by Crippen LogP contribution is 2.32. The van der Waals surface area contributed by atoms with Crippen molar-refractivity contribution in [3.05, 3.63) is 52.1 Å². The quantitative estimate of drug-likeness (QED) is 0.600. The molecule has 1 aliphatic heterocycles. The first kappa shape index (κ1) is 24.0. The van der Waals surface area contributed by atoms with E-state index in [1.54, 1.807) is 0 Å². The van der Waals surface area contributed by atoms with Crippen LogP contribution in [0.3, 0.4) is 0 Å². The number of rotatable bonds is 7. The van der Waals surface area contributed by atoms with Gasteiger partial charge >= 0.3 is 0 Å². The third-order valence-electron chi connectivity index (χ3n) is 7.38. The summed E-state index contributed by atoms with van der Waals surface area (Å²) in [5, 5.41) is 3.44. The van der Waals surface area contributed by atoms with E-state index in [0.29, 0.717) is 12.6 Å². The fraction of sp³-hybridized carbons (Fsp3) is 0.519. The summed E-state index contributed by atoms with van der Waals surface area (Å²) in [6, 6.07) is 9.00. The van der Waals surface area contributed by atoms with Crippen LogP contribution < -0.4 is 16.0 Å². The van der Waals surface area contributed by atoms with E-state index >= 15 is 0 Å². The van der Waals surface area contributed by atoms with E-state index in [-0.39, 0.29) is 5.91 Å². The highest BCUT2D eigenvalue weighted by molar-refractivity contribution is 5.83. The Morgan fingerprint density at radius 2 is 1.62 bits per heavy atom. The fourth-order valence-electron chi connectivity index (χ4n) is 5.05. The van der Waals surface area contributed by atoms with Gasteiger partial charge in [-0.15, -0.1) is 0 Å². The molecule has 1 fully saturated rings. The first-order valence-electron chi connectivity index (χ1n) is 12.0. The van der Waals surface area contributed by atoms with Crippen LogP contribution in [0, 0.1) is 27.7 Å². The van der Waals surface area contributed by atoms with Gasteiger partial charge in [0.15, 0.2) is 0 Å². The van der Waals surface area contributed by atoms with Crippen molar-refractivity contribution >= 4 is 23.0 Å². The number of para-hydroxylation sites is 1. The van der Waals surface area contributed by atoms with Gasteiger partial charge in [-0.05, 0) is 87.8 Å². The minimum Gasteiger partial charge on any atom is -0.398 e. The number of benzene rings is 2. The summed E-state index contributed by atoms with van der Waals surface area (Å²) >= 11 is 0. The van der Waals surface area contributed by atoms with Gasteiger partial charge in [0.25, 0.3) is 0 Å².